The average molecular weight is 374 g/mol. The van der Waals surface area contributed by atoms with E-state index in [1.54, 1.807) is 14.3 Å². The van der Waals surface area contributed by atoms with Crippen LogP contribution in [0.25, 0.3) is 5.69 Å². The highest BCUT2D eigenvalue weighted by atomic mass is 16.2. The molecule has 2 aromatic carbocycles. The SMILES string of the molecule is CCCN1C(=O)C(=Nc2c(C)n(C)n(-c3ccccc3)c2=O)c2ccccc21. The number of aliphatic imine (C=N–C) groups is 1. The van der Waals surface area contributed by atoms with Gasteiger partial charge in [0.2, 0.25) is 0 Å². The summed E-state index contributed by atoms with van der Waals surface area (Å²) in [6, 6.07) is 17.0. The molecule has 142 valence electrons. The Kier molecular flexibility index (Phi) is 4.47. The Balaban J connectivity index is 1.89. The summed E-state index contributed by atoms with van der Waals surface area (Å²) in [5.74, 6) is -0.156. The minimum absolute atomic E-state index is 0.156. The van der Waals surface area contributed by atoms with Crippen molar-refractivity contribution in [1.82, 2.24) is 9.36 Å². The van der Waals surface area contributed by atoms with Gasteiger partial charge in [0.15, 0.2) is 5.69 Å². The van der Waals surface area contributed by atoms with Crippen LogP contribution in [0.2, 0.25) is 0 Å². The van der Waals surface area contributed by atoms with E-state index >= 15 is 0 Å². The summed E-state index contributed by atoms with van der Waals surface area (Å²) in [7, 11) is 1.82. The van der Waals surface area contributed by atoms with Gasteiger partial charge in [0.1, 0.15) is 5.71 Å². The van der Waals surface area contributed by atoms with Crippen molar-refractivity contribution in [3.8, 4) is 5.69 Å². The molecule has 6 heteroatoms. The van der Waals surface area contributed by atoms with Crippen molar-refractivity contribution >= 4 is 23.0 Å². The fourth-order valence-corrected chi connectivity index (χ4v) is 3.61. The van der Waals surface area contributed by atoms with Gasteiger partial charge in [-0.05, 0) is 31.5 Å². The lowest BCUT2D eigenvalue weighted by molar-refractivity contribution is -0.112. The van der Waals surface area contributed by atoms with Crippen LogP contribution in [0.5, 0.6) is 0 Å². The molecule has 1 aliphatic rings. The van der Waals surface area contributed by atoms with Gasteiger partial charge in [-0.3, -0.25) is 14.3 Å². The van der Waals surface area contributed by atoms with Crippen LogP contribution in [0.15, 0.2) is 64.4 Å². The molecule has 6 nitrogen and oxygen atoms in total. The van der Waals surface area contributed by atoms with Gasteiger partial charge in [0.25, 0.3) is 11.5 Å². The molecule has 0 spiro atoms. The first-order valence-electron chi connectivity index (χ1n) is 9.38. The minimum atomic E-state index is -0.238. The van der Waals surface area contributed by atoms with Gasteiger partial charge in [-0.25, -0.2) is 9.67 Å². The van der Waals surface area contributed by atoms with Gasteiger partial charge in [0.05, 0.1) is 17.1 Å². The maximum absolute atomic E-state index is 13.1. The molecule has 1 aliphatic heterocycles. The maximum Gasteiger partial charge on any atom is 0.297 e. The number of nitrogens with zero attached hydrogens (tertiary/aromatic N) is 4. The Morgan fingerprint density at radius 3 is 2.36 bits per heavy atom. The molecular formula is C22H22N4O2. The number of anilines is 1. The van der Waals surface area contributed by atoms with E-state index in [-0.39, 0.29) is 11.5 Å². The van der Waals surface area contributed by atoms with Crippen LogP contribution in [0.3, 0.4) is 0 Å². The summed E-state index contributed by atoms with van der Waals surface area (Å²) in [5.41, 5.74) is 3.48. The van der Waals surface area contributed by atoms with E-state index in [2.05, 4.69) is 4.99 Å². The van der Waals surface area contributed by atoms with E-state index in [1.165, 1.54) is 0 Å². The van der Waals surface area contributed by atoms with Crippen molar-refractivity contribution in [2.75, 3.05) is 11.4 Å². The molecule has 28 heavy (non-hydrogen) atoms. The van der Waals surface area contributed by atoms with Crippen LogP contribution in [-0.2, 0) is 11.8 Å². The molecule has 1 aromatic heterocycles. The molecule has 0 saturated heterocycles. The first kappa shape index (κ1) is 18.0. The highest BCUT2D eigenvalue weighted by molar-refractivity contribution is 6.54. The molecule has 0 bridgehead atoms. The fourth-order valence-electron chi connectivity index (χ4n) is 3.61. The van der Waals surface area contributed by atoms with Gasteiger partial charge >= 0.3 is 0 Å². The highest BCUT2D eigenvalue weighted by Gasteiger charge is 2.33. The molecule has 0 N–H and O–H groups in total. The number of rotatable bonds is 4. The summed E-state index contributed by atoms with van der Waals surface area (Å²) in [6.07, 6.45) is 0.846. The van der Waals surface area contributed by atoms with Crippen LogP contribution in [0.1, 0.15) is 24.6 Å². The Morgan fingerprint density at radius 1 is 0.964 bits per heavy atom. The maximum atomic E-state index is 13.1. The largest absolute Gasteiger partial charge is 0.306 e. The summed E-state index contributed by atoms with van der Waals surface area (Å²) in [5, 5.41) is 0. The van der Waals surface area contributed by atoms with Gasteiger partial charge < -0.3 is 4.90 Å². The van der Waals surface area contributed by atoms with E-state index in [0.29, 0.717) is 23.6 Å². The lowest BCUT2D eigenvalue weighted by Gasteiger charge is -2.14. The number of fused-ring (bicyclic) bond motifs is 1. The second-order valence-corrected chi connectivity index (χ2v) is 6.84. The van der Waals surface area contributed by atoms with Gasteiger partial charge in [0, 0.05) is 19.2 Å². The third-order valence-electron chi connectivity index (χ3n) is 5.09. The highest BCUT2D eigenvalue weighted by Crippen LogP contribution is 2.31. The Bertz CT molecular complexity index is 1140. The standard InChI is InChI=1S/C22H22N4O2/c1-4-14-25-18-13-9-8-12-17(18)20(21(25)27)23-19-15(2)24(3)26(22(19)28)16-10-6-5-7-11-16/h5-13H,4,14H2,1-3H3. The monoisotopic (exact) mass is 374 g/mol. The lowest BCUT2D eigenvalue weighted by atomic mass is 10.1. The zero-order chi connectivity index (χ0) is 19.8. The quantitative estimate of drug-likeness (QED) is 0.703. The van der Waals surface area contributed by atoms with Gasteiger partial charge in [-0.1, -0.05) is 43.3 Å². The smallest absolute Gasteiger partial charge is 0.297 e. The molecule has 0 radical (unpaired) electrons. The molecule has 0 saturated carbocycles. The number of hydrogen-bond donors (Lipinski definition) is 0. The predicted molar refractivity (Wildman–Crippen MR) is 111 cm³/mol. The molecule has 0 fully saturated rings. The summed E-state index contributed by atoms with van der Waals surface area (Å²) in [6.45, 7) is 4.50. The van der Waals surface area contributed by atoms with Crippen LogP contribution in [0, 0.1) is 6.92 Å². The molecule has 0 unspecified atom stereocenters. The molecule has 3 aromatic rings. The van der Waals surface area contributed by atoms with Gasteiger partial charge in [-0.2, -0.15) is 0 Å². The number of carbonyl (C=O) groups is 1. The van der Waals surface area contributed by atoms with Crippen molar-refractivity contribution in [3.05, 3.63) is 76.2 Å². The molecule has 2 heterocycles. The third kappa shape index (κ3) is 2.69. The molecule has 1 amide bonds. The van der Waals surface area contributed by atoms with Crippen molar-refractivity contribution < 1.29 is 4.79 Å². The van der Waals surface area contributed by atoms with E-state index in [4.69, 9.17) is 0 Å². The zero-order valence-electron chi connectivity index (χ0n) is 16.2. The Hall–Kier alpha value is -3.41. The number of carbonyl (C=O) groups excluding carboxylic acids is 1. The van der Waals surface area contributed by atoms with E-state index in [9.17, 15) is 9.59 Å². The second kappa shape index (κ2) is 6.96. The third-order valence-corrected chi connectivity index (χ3v) is 5.09. The van der Waals surface area contributed by atoms with E-state index < -0.39 is 0 Å². The summed E-state index contributed by atoms with van der Waals surface area (Å²) >= 11 is 0. The molecular weight excluding hydrogens is 352 g/mol. The Labute approximate surface area is 163 Å². The topological polar surface area (TPSA) is 59.6 Å². The number of amides is 1. The lowest BCUT2D eigenvalue weighted by Crippen LogP contribution is -2.30. The fraction of sp³-hybridized carbons (Fsp3) is 0.227. The second-order valence-electron chi connectivity index (χ2n) is 6.84. The molecule has 4 rings (SSSR count). The average Bonchev–Trinajstić information content (AvgIpc) is 3.09. The molecule has 0 atom stereocenters. The summed E-state index contributed by atoms with van der Waals surface area (Å²) < 4.78 is 3.34. The van der Waals surface area contributed by atoms with Crippen molar-refractivity contribution in [3.63, 3.8) is 0 Å². The normalized spacial score (nSPS) is 14.8. The number of benzene rings is 2. The minimum Gasteiger partial charge on any atom is -0.306 e. The molecule has 0 aliphatic carbocycles. The van der Waals surface area contributed by atoms with Crippen LogP contribution in [0.4, 0.5) is 11.4 Å². The predicted octanol–water partition coefficient (Wildman–Crippen LogP) is 3.36. The van der Waals surface area contributed by atoms with Crippen molar-refractivity contribution in [2.45, 2.75) is 20.3 Å². The summed E-state index contributed by atoms with van der Waals surface area (Å²) in [4.78, 5) is 32.5. The van der Waals surface area contributed by atoms with Gasteiger partial charge in [-0.15, -0.1) is 0 Å². The number of hydrogen-bond acceptors (Lipinski definition) is 3. The first-order valence-corrected chi connectivity index (χ1v) is 9.38. The van der Waals surface area contributed by atoms with Crippen molar-refractivity contribution in [2.24, 2.45) is 12.0 Å². The number of aromatic nitrogens is 2. The number of para-hydroxylation sites is 2. The van der Waals surface area contributed by atoms with E-state index in [0.717, 1.165) is 23.4 Å². The van der Waals surface area contributed by atoms with Crippen molar-refractivity contribution in [1.29, 1.82) is 0 Å². The first-order chi connectivity index (χ1) is 13.5. The zero-order valence-corrected chi connectivity index (χ0v) is 16.2. The van der Waals surface area contributed by atoms with Crippen LogP contribution >= 0.6 is 0 Å². The van der Waals surface area contributed by atoms with E-state index in [1.807, 2.05) is 75.5 Å². The Morgan fingerprint density at radius 2 is 1.64 bits per heavy atom. The van der Waals surface area contributed by atoms with Crippen LogP contribution < -0.4 is 10.5 Å². The van der Waals surface area contributed by atoms with Crippen LogP contribution in [-0.4, -0.2) is 27.5 Å².